The molecule has 1 aliphatic heterocycles. The first-order valence-electron chi connectivity index (χ1n) is 5.69. The Bertz CT molecular complexity index is 311. The Hall–Kier alpha value is -0.870. The second-order valence-corrected chi connectivity index (χ2v) is 4.12. The standard InChI is InChI=1S/C11H19N3O/c1-2-13-9-12-6-11(13)7-14-5-3-4-10(14)8-15/h6,9-10,15H,2-5,7-8H2,1H3/t10-/m1/s1. The lowest BCUT2D eigenvalue weighted by Gasteiger charge is -2.22. The quantitative estimate of drug-likeness (QED) is 0.799. The zero-order valence-corrected chi connectivity index (χ0v) is 9.26. The van der Waals surface area contributed by atoms with E-state index < -0.39 is 0 Å². The van der Waals surface area contributed by atoms with Gasteiger partial charge in [-0.3, -0.25) is 4.90 Å². The average Bonchev–Trinajstić information content (AvgIpc) is 2.87. The van der Waals surface area contributed by atoms with Crippen LogP contribution in [0, 0.1) is 0 Å². The zero-order valence-electron chi connectivity index (χ0n) is 9.26. The second-order valence-electron chi connectivity index (χ2n) is 4.12. The third-order valence-corrected chi connectivity index (χ3v) is 3.21. The number of likely N-dealkylation sites (tertiary alicyclic amines) is 1. The summed E-state index contributed by atoms with van der Waals surface area (Å²) < 4.78 is 2.16. The van der Waals surface area contributed by atoms with E-state index in [9.17, 15) is 5.11 Å². The number of rotatable bonds is 4. The van der Waals surface area contributed by atoms with E-state index in [0.717, 1.165) is 26.1 Å². The summed E-state index contributed by atoms with van der Waals surface area (Å²) >= 11 is 0. The summed E-state index contributed by atoms with van der Waals surface area (Å²) in [5, 5.41) is 9.23. The molecule has 2 heterocycles. The molecule has 4 heteroatoms. The van der Waals surface area contributed by atoms with E-state index in [0.29, 0.717) is 6.04 Å². The molecule has 1 atom stereocenters. The molecule has 1 aromatic rings. The molecule has 0 bridgehead atoms. The number of aromatic nitrogens is 2. The van der Waals surface area contributed by atoms with Crippen LogP contribution in [0.1, 0.15) is 25.5 Å². The topological polar surface area (TPSA) is 41.3 Å². The van der Waals surface area contributed by atoms with E-state index in [-0.39, 0.29) is 6.61 Å². The van der Waals surface area contributed by atoms with Gasteiger partial charge in [0.15, 0.2) is 0 Å². The lowest BCUT2D eigenvalue weighted by Crippen LogP contribution is -2.32. The maximum absolute atomic E-state index is 9.23. The molecule has 1 saturated heterocycles. The summed E-state index contributed by atoms with van der Waals surface area (Å²) in [5.74, 6) is 0. The van der Waals surface area contributed by atoms with Gasteiger partial charge in [-0.15, -0.1) is 0 Å². The van der Waals surface area contributed by atoms with Crippen molar-refractivity contribution < 1.29 is 5.11 Å². The van der Waals surface area contributed by atoms with E-state index in [4.69, 9.17) is 0 Å². The van der Waals surface area contributed by atoms with Gasteiger partial charge >= 0.3 is 0 Å². The van der Waals surface area contributed by atoms with Crippen LogP contribution in [-0.4, -0.2) is 38.8 Å². The number of imidazole rings is 1. The van der Waals surface area contributed by atoms with Crippen molar-refractivity contribution in [3.05, 3.63) is 18.2 Å². The van der Waals surface area contributed by atoms with Crippen molar-refractivity contribution in [3.8, 4) is 0 Å². The van der Waals surface area contributed by atoms with Gasteiger partial charge in [0.05, 0.1) is 18.6 Å². The predicted octanol–water partition coefficient (Wildman–Crippen LogP) is 0.860. The zero-order chi connectivity index (χ0) is 10.7. The fourth-order valence-electron chi connectivity index (χ4n) is 2.28. The van der Waals surface area contributed by atoms with E-state index in [2.05, 4.69) is 21.4 Å². The van der Waals surface area contributed by atoms with Gasteiger partial charge in [-0.25, -0.2) is 4.98 Å². The first-order chi connectivity index (χ1) is 7.35. The summed E-state index contributed by atoms with van der Waals surface area (Å²) in [6.45, 7) is 5.38. The van der Waals surface area contributed by atoms with Crippen molar-refractivity contribution in [2.45, 2.75) is 38.9 Å². The summed E-state index contributed by atoms with van der Waals surface area (Å²) in [7, 11) is 0. The molecule has 1 aliphatic rings. The molecule has 1 aromatic heterocycles. The van der Waals surface area contributed by atoms with Gasteiger partial charge in [0, 0.05) is 25.3 Å². The number of aliphatic hydroxyl groups is 1. The van der Waals surface area contributed by atoms with Crippen LogP contribution in [0.4, 0.5) is 0 Å². The molecule has 1 N–H and O–H groups in total. The molecule has 0 spiro atoms. The number of hydrogen-bond acceptors (Lipinski definition) is 3. The molecule has 0 amide bonds. The highest BCUT2D eigenvalue weighted by Crippen LogP contribution is 2.19. The van der Waals surface area contributed by atoms with E-state index in [1.54, 1.807) is 0 Å². The van der Waals surface area contributed by atoms with Crippen LogP contribution in [0.3, 0.4) is 0 Å². The Labute approximate surface area is 90.5 Å². The van der Waals surface area contributed by atoms with Crippen LogP contribution in [0.5, 0.6) is 0 Å². The van der Waals surface area contributed by atoms with E-state index >= 15 is 0 Å². The van der Waals surface area contributed by atoms with Crippen molar-refractivity contribution in [1.29, 1.82) is 0 Å². The fraction of sp³-hybridized carbons (Fsp3) is 0.727. The molecule has 0 saturated carbocycles. The Kier molecular flexibility index (Phi) is 3.38. The van der Waals surface area contributed by atoms with Crippen LogP contribution in [0.25, 0.3) is 0 Å². The van der Waals surface area contributed by atoms with Gasteiger partial charge in [-0.1, -0.05) is 0 Å². The fourth-order valence-corrected chi connectivity index (χ4v) is 2.28. The number of aryl methyl sites for hydroxylation is 1. The Morgan fingerprint density at radius 3 is 3.20 bits per heavy atom. The molecule has 15 heavy (non-hydrogen) atoms. The van der Waals surface area contributed by atoms with Gasteiger partial charge in [-0.05, 0) is 26.3 Å². The van der Waals surface area contributed by atoms with Crippen molar-refractivity contribution in [1.82, 2.24) is 14.5 Å². The Morgan fingerprint density at radius 1 is 1.60 bits per heavy atom. The van der Waals surface area contributed by atoms with Gasteiger partial charge in [0.25, 0.3) is 0 Å². The first-order valence-corrected chi connectivity index (χ1v) is 5.69. The van der Waals surface area contributed by atoms with Crippen LogP contribution in [0.2, 0.25) is 0 Å². The van der Waals surface area contributed by atoms with Gasteiger partial charge in [-0.2, -0.15) is 0 Å². The highest BCUT2D eigenvalue weighted by Gasteiger charge is 2.24. The molecule has 1 fully saturated rings. The van der Waals surface area contributed by atoms with Crippen molar-refractivity contribution in [2.75, 3.05) is 13.2 Å². The second kappa shape index (κ2) is 4.77. The van der Waals surface area contributed by atoms with Crippen LogP contribution in [0.15, 0.2) is 12.5 Å². The minimum Gasteiger partial charge on any atom is -0.395 e. The third kappa shape index (κ3) is 2.21. The summed E-state index contributed by atoms with van der Waals surface area (Å²) in [6, 6.07) is 0.352. The summed E-state index contributed by atoms with van der Waals surface area (Å²) in [4.78, 5) is 6.51. The highest BCUT2D eigenvalue weighted by atomic mass is 16.3. The third-order valence-electron chi connectivity index (χ3n) is 3.21. The molecule has 84 valence electrons. The Morgan fingerprint density at radius 2 is 2.47 bits per heavy atom. The maximum Gasteiger partial charge on any atom is 0.0948 e. The van der Waals surface area contributed by atoms with Crippen LogP contribution >= 0.6 is 0 Å². The van der Waals surface area contributed by atoms with Crippen molar-refractivity contribution in [3.63, 3.8) is 0 Å². The van der Waals surface area contributed by atoms with Gasteiger partial charge < -0.3 is 9.67 Å². The molecule has 2 rings (SSSR count). The number of hydrogen-bond donors (Lipinski definition) is 1. The van der Waals surface area contributed by atoms with Crippen LogP contribution < -0.4 is 0 Å². The normalized spacial score (nSPS) is 22.4. The number of nitrogens with zero attached hydrogens (tertiary/aromatic N) is 3. The van der Waals surface area contributed by atoms with Gasteiger partial charge in [0.1, 0.15) is 0 Å². The molecule has 0 aliphatic carbocycles. The molecule has 0 aromatic carbocycles. The van der Waals surface area contributed by atoms with Crippen LogP contribution in [-0.2, 0) is 13.1 Å². The predicted molar refractivity (Wildman–Crippen MR) is 58.4 cm³/mol. The molecular weight excluding hydrogens is 190 g/mol. The molecular formula is C11H19N3O. The maximum atomic E-state index is 9.23. The minimum atomic E-state index is 0.278. The summed E-state index contributed by atoms with van der Waals surface area (Å²) in [6.07, 6.45) is 6.12. The average molecular weight is 209 g/mol. The van der Waals surface area contributed by atoms with Crippen molar-refractivity contribution >= 4 is 0 Å². The lowest BCUT2D eigenvalue weighted by atomic mass is 10.2. The molecule has 0 unspecified atom stereocenters. The van der Waals surface area contributed by atoms with E-state index in [1.807, 2.05) is 12.5 Å². The monoisotopic (exact) mass is 209 g/mol. The first kappa shape index (κ1) is 10.6. The smallest absolute Gasteiger partial charge is 0.0948 e. The summed E-state index contributed by atoms with van der Waals surface area (Å²) in [5.41, 5.74) is 1.25. The lowest BCUT2D eigenvalue weighted by molar-refractivity contribution is 0.151. The molecule has 0 radical (unpaired) electrons. The largest absolute Gasteiger partial charge is 0.395 e. The highest BCUT2D eigenvalue weighted by molar-refractivity contribution is 4.99. The minimum absolute atomic E-state index is 0.278. The SMILES string of the molecule is CCn1cncc1CN1CCC[C@@H]1CO. The van der Waals surface area contributed by atoms with E-state index in [1.165, 1.54) is 12.1 Å². The van der Waals surface area contributed by atoms with Gasteiger partial charge in [0.2, 0.25) is 0 Å². The molecule has 4 nitrogen and oxygen atoms in total. The van der Waals surface area contributed by atoms with Crippen molar-refractivity contribution in [2.24, 2.45) is 0 Å². The Balaban J connectivity index is 2.01. The number of aliphatic hydroxyl groups excluding tert-OH is 1.